The topological polar surface area (TPSA) is 66.3 Å². The lowest BCUT2D eigenvalue weighted by Gasteiger charge is -1.99. The van der Waals surface area contributed by atoms with E-state index in [4.69, 9.17) is 22.2 Å². The predicted molar refractivity (Wildman–Crippen MR) is 77.3 cm³/mol. The van der Waals surface area contributed by atoms with Crippen LogP contribution in [0.25, 0.3) is 0 Å². The lowest BCUT2D eigenvalue weighted by atomic mass is 10.1. The van der Waals surface area contributed by atoms with Crippen LogP contribution in [0.2, 0.25) is 5.02 Å². The quantitative estimate of drug-likeness (QED) is 0.386. The summed E-state index contributed by atoms with van der Waals surface area (Å²) in [6, 6.07) is 14.0. The van der Waals surface area contributed by atoms with Crippen LogP contribution in [0.5, 0.6) is 0 Å². The SMILES string of the molecule is Cc1ccc(C(N)=[NH+]OC(=O)c2cccc(Cl)c2)cc1. The van der Waals surface area contributed by atoms with Gasteiger partial charge in [0.15, 0.2) is 0 Å². The third kappa shape index (κ3) is 3.59. The van der Waals surface area contributed by atoms with Crippen LogP contribution >= 0.6 is 11.6 Å². The molecule has 0 amide bonds. The molecule has 0 unspecified atom stereocenters. The zero-order valence-electron chi connectivity index (χ0n) is 10.9. The molecule has 0 aliphatic carbocycles. The molecule has 0 fully saturated rings. The molecule has 4 nitrogen and oxygen atoms in total. The molecule has 3 N–H and O–H groups in total. The molecule has 0 bridgehead atoms. The Morgan fingerprint density at radius 3 is 2.50 bits per heavy atom. The van der Waals surface area contributed by atoms with Gasteiger partial charge in [0.1, 0.15) is 0 Å². The molecule has 2 aromatic rings. The Balaban J connectivity index is 2.08. The summed E-state index contributed by atoms with van der Waals surface area (Å²) in [6.45, 7) is 1.98. The normalized spacial score (nSPS) is 11.2. The molecule has 2 rings (SSSR count). The summed E-state index contributed by atoms with van der Waals surface area (Å²) in [6.07, 6.45) is 0. The number of carbonyl (C=O) groups is 1. The minimum atomic E-state index is -0.553. The Morgan fingerprint density at radius 1 is 1.15 bits per heavy atom. The average Bonchev–Trinajstić information content (AvgIpc) is 2.45. The lowest BCUT2D eigenvalue weighted by molar-refractivity contribution is -0.721. The van der Waals surface area contributed by atoms with Gasteiger partial charge in [-0.25, -0.2) is 4.79 Å². The first-order valence-corrected chi connectivity index (χ1v) is 6.36. The van der Waals surface area contributed by atoms with Crippen LogP contribution in [-0.2, 0) is 4.84 Å². The smallest absolute Gasteiger partial charge is 0.284 e. The number of rotatable bonds is 3. The van der Waals surface area contributed by atoms with Crippen molar-refractivity contribution < 1.29 is 14.8 Å². The molecule has 0 spiro atoms. The zero-order chi connectivity index (χ0) is 14.5. The van der Waals surface area contributed by atoms with Crippen LogP contribution in [0.4, 0.5) is 0 Å². The average molecular weight is 290 g/mol. The monoisotopic (exact) mass is 289 g/mol. The van der Waals surface area contributed by atoms with Crippen LogP contribution in [0, 0.1) is 6.92 Å². The van der Waals surface area contributed by atoms with E-state index >= 15 is 0 Å². The molecule has 5 heteroatoms. The summed E-state index contributed by atoms with van der Waals surface area (Å²) < 4.78 is 0. The number of nitrogens with two attached hydrogens (primary N) is 1. The first-order chi connectivity index (χ1) is 9.56. The number of amidine groups is 1. The zero-order valence-corrected chi connectivity index (χ0v) is 11.6. The molecule has 2 aromatic carbocycles. The van der Waals surface area contributed by atoms with Crippen molar-refractivity contribution in [3.63, 3.8) is 0 Å². The van der Waals surface area contributed by atoms with Gasteiger partial charge in [0.05, 0.1) is 11.1 Å². The fraction of sp³-hybridized carbons (Fsp3) is 0.0667. The van der Waals surface area contributed by atoms with Crippen LogP contribution in [0.15, 0.2) is 48.5 Å². The van der Waals surface area contributed by atoms with E-state index in [0.717, 1.165) is 11.1 Å². The van der Waals surface area contributed by atoms with Crippen molar-refractivity contribution in [1.29, 1.82) is 0 Å². The fourth-order valence-electron chi connectivity index (χ4n) is 1.57. The van der Waals surface area contributed by atoms with Crippen LogP contribution < -0.4 is 10.9 Å². The first kappa shape index (κ1) is 14.1. The highest BCUT2D eigenvalue weighted by Gasteiger charge is 2.10. The maximum atomic E-state index is 11.8. The number of benzene rings is 2. The third-order valence-electron chi connectivity index (χ3n) is 2.68. The van der Waals surface area contributed by atoms with E-state index in [-0.39, 0.29) is 5.84 Å². The van der Waals surface area contributed by atoms with Gasteiger partial charge in [0.2, 0.25) is 0 Å². The molecular formula is C15H14ClN2O2+. The van der Waals surface area contributed by atoms with E-state index in [0.29, 0.717) is 10.6 Å². The molecule has 20 heavy (non-hydrogen) atoms. The summed E-state index contributed by atoms with van der Waals surface area (Å²) in [5.41, 5.74) is 8.02. The second-order valence-electron chi connectivity index (χ2n) is 4.28. The van der Waals surface area contributed by atoms with Gasteiger partial charge >= 0.3 is 11.8 Å². The van der Waals surface area contributed by atoms with Gasteiger partial charge in [0, 0.05) is 5.02 Å². The van der Waals surface area contributed by atoms with E-state index in [1.54, 1.807) is 18.2 Å². The highest BCUT2D eigenvalue weighted by Crippen LogP contribution is 2.10. The Morgan fingerprint density at radius 2 is 1.85 bits per heavy atom. The van der Waals surface area contributed by atoms with E-state index in [9.17, 15) is 4.79 Å². The molecule has 0 aliphatic heterocycles. The Labute approximate surface area is 121 Å². The van der Waals surface area contributed by atoms with Crippen LogP contribution in [0.3, 0.4) is 0 Å². The second kappa shape index (κ2) is 6.21. The molecule has 0 aliphatic rings. The van der Waals surface area contributed by atoms with Crippen molar-refractivity contribution in [3.05, 3.63) is 70.2 Å². The molecule has 0 heterocycles. The van der Waals surface area contributed by atoms with Gasteiger partial charge < -0.3 is 0 Å². The number of hydrogen-bond donors (Lipinski definition) is 2. The van der Waals surface area contributed by atoms with Crippen LogP contribution in [-0.4, -0.2) is 11.8 Å². The number of hydrogen-bond acceptors (Lipinski definition) is 2. The predicted octanol–water partition coefficient (Wildman–Crippen LogP) is 1.21. The second-order valence-corrected chi connectivity index (χ2v) is 4.72. The van der Waals surface area contributed by atoms with Crippen molar-refractivity contribution >= 4 is 23.4 Å². The molecule has 0 saturated carbocycles. The van der Waals surface area contributed by atoms with E-state index in [2.05, 4.69) is 5.16 Å². The largest absolute Gasteiger partial charge is 0.387 e. The van der Waals surface area contributed by atoms with Gasteiger partial charge in [-0.15, -0.1) is 0 Å². The van der Waals surface area contributed by atoms with E-state index in [1.165, 1.54) is 6.07 Å². The highest BCUT2D eigenvalue weighted by atomic mass is 35.5. The van der Waals surface area contributed by atoms with Crippen molar-refractivity contribution in [2.24, 2.45) is 5.73 Å². The van der Waals surface area contributed by atoms with Crippen molar-refractivity contribution in [1.82, 2.24) is 0 Å². The highest BCUT2D eigenvalue weighted by molar-refractivity contribution is 6.30. The van der Waals surface area contributed by atoms with Crippen molar-refractivity contribution in [2.45, 2.75) is 6.92 Å². The van der Waals surface area contributed by atoms with E-state index < -0.39 is 5.97 Å². The third-order valence-corrected chi connectivity index (χ3v) is 2.91. The first-order valence-electron chi connectivity index (χ1n) is 5.98. The van der Waals surface area contributed by atoms with Gasteiger partial charge in [-0.05, 0) is 37.3 Å². The van der Waals surface area contributed by atoms with Crippen molar-refractivity contribution in [3.8, 4) is 0 Å². The molecule has 0 radical (unpaired) electrons. The molecule has 0 aromatic heterocycles. The fourth-order valence-corrected chi connectivity index (χ4v) is 1.76. The van der Waals surface area contributed by atoms with Gasteiger partial charge in [-0.1, -0.05) is 40.5 Å². The number of carbonyl (C=O) groups excluding carboxylic acids is 1. The van der Waals surface area contributed by atoms with Crippen molar-refractivity contribution in [2.75, 3.05) is 0 Å². The summed E-state index contributed by atoms with van der Waals surface area (Å²) in [7, 11) is 0. The molecule has 0 atom stereocenters. The minimum Gasteiger partial charge on any atom is -0.284 e. The molecule has 102 valence electrons. The number of nitrogen functional groups attached to an aromatic ring is 1. The Kier molecular flexibility index (Phi) is 4.38. The Hall–Kier alpha value is -2.33. The van der Waals surface area contributed by atoms with Crippen LogP contribution in [0.1, 0.15) is 21.5 Å². The van der Waals surface area contributed by atoms with E-state index in [1.807, 2.05) is 31.2 Å². The number of aryl methyl sites for hydroxylation is 1. The summed E-state index contributed by atoms with van der Waals surface area (Å²) in [5.74, 6) is -0.289. The molecular weight excluding hydrogens is 276 g/mol. The minimum absolute atomic E-state index is 0.264. The van der Waals surface area contributed by atoms with Gasteiger partial charge in [0.25, 0.3) is 0 Å². The lowest BCUT2D eigenvalue weighted by Crippen LogP contribution is -2.75. The summed E-state index contributed by atoms with van der Waals surface area (Å²) in [4.78, 5) is 16.7. The molecule has 0 saturated heterocycles. The van der Waals surface area contributed by atoms with Gasteiger partial charge in [-0.3, -0.25) is 10.6 Å². The number of nitrogens with one attached hydrogen (secondary N) is 1. The maximum absolute atomic E-state index is 11.8. The summed E-state index contributed by atoms with van der Waals surface area (Å²) >= 11 is 5.80. The summed E-state index contributed by atoms with van der Waals surface area (Å²) in [5, 5.41) is 2.91. The standard InChI is InChI=1S/C15H13ClN2O2/c1-10-5-7-11(8-6-10)14(17)18-20-15(19)12-3-2-4-13(16)9-12/h2-9H,1H3,(H2,17,18)/p+1. The van der Waals surface area contributed by atoms with Gasteiger partial charge in [-0.2, -0.15) is 0 Å². The Bertz CT molecular complexity index is 651. The number of halogens is 1. The maximum Gasteiger partial charge on any atom is 0.387 e.